The summed E-state index contributed by atoms with van der Waals surface area (Å²) in [5.41, 5.74) is 3.02. The number of aromatic nitrogens is 3. The summed E-state index contributed by atoms with van der Waals surface area (Å²) >= 11 is 1.66. The predicted octanol–water partition coefficient (Wildman–Crippen LogP) is 3.50. The molecule has 0 unspecified atom stereocenters. The fourth-order valence-electron chi connectivity index (χ4n) is 2.38. The molecular weight excluding hydrogens is 318 g/mol. The molecule has 0 N–H and O–H groups in total. The number of hydrogen-bond acceptors (Lipinski definition) is 5. The Morgan fingerprint density at radius 2 is 2.00 bits per heavy atom. The quantitative estimate of drug-likeness (QED) is 0.668. The number of imidazole rings is 1. The molecule has 0 amide bonds. The molecule has 0 bridgehead atoms. The fraction of sp³-hybridized carbons (Fsp3) is 0.167. The summed E-state index contributed by atoms with van der Waals surface area (Å²) in [5, 5.41) is 9.75. The van der Waals surface area contributed by atoms with E-state index in [1.165, 1.54) is 11.3 Å². The smallest absolute Gasteiger partial charge is 0.174 e. The van der Waals surface area contributed by atoms with Crippen molar-refractivity contribution in [1.29, 1.82) is 5.26 Å². The Morgan fingerprint density at radius 1 is 1.17 bits per heavy atom. The monoisotopic (exact) mass is 335 g/mol. The van der Waals surface area contributed by atoms with Crippen LogP contribution in [-0.4, -0.2) is 28.6 Å². The second-order valence-electron chi connectivity index (χ2n) is 5.41. The lowest BCUT2D eigenvalue weighted by Gasteiger charge is -2.17. The maximum absolute atomic E-state index is 8.88. The number of rotatable bonds is 5. The molecule has 3 rings (SSSR count). The summed E-state index contributed by atoms with van der Waals surface area (Å²) in [6, 6.07) is 14.0. The van der Waals surface area contributed by atoms with Crippen molar-refractivity contribution in [3.05, 3.63) is 66.1 Å². The third-order valence-corrected chi connectivity index (χ3v) is 4.58. The number of pyridine rings is 1. The van der Waals surface area contributed by atoms with Crippen LogP contribution in [0.4, 0.5) is 5.69 Å². The van der Waals surface area contributed by atoms with E-state index in [9.17, 15) is 0 Å². The van der Waals surface area contributed by atoms with E-state index in [0.29, 0.717) is 5.56 Å². The standard InChI is InChI=1S/C18H17N5S/c1-22(2)16-6-4-3-5-15(16)13-24-18-20-9-10-23(18)17-8-7-14(11-19)12-21-17/h3-10,12H,13H2,1-2H3. The Morgan fingerprint density at radius 3 is 2.71 bits per heavy atom. The van der Waals surface area contributed by atoms with E-state index in [2.05, 4.69) is 39.1 Å². The van der Waals surface area contributed by atoms with Gasteiger partial charge >= 0.3 is 0 Å². The van der Waals surface area contributed by atoms with Crippen molar-refractivity contribution in [3.63, 3.8) is 0 Å². The number of hydrogen-bond donors (Lipinski definition) is 0. The number of nitrogens with zero attached hydrogens (tertiary/aromatic N) is 5. The Balaban J connectivity index is 1.80. The first-order valence-electron chi connectivity index (χ1n) is 7.47. The van der Waals surface area contributed by atoms with Crippen molar-refractivity contribution >= 4 is 17.4 Å². The maximum atomic E-state index is 8.88. The summed E-state index contributed by atoms with van der Waals surface area (Å²) in [5.74, 6) is 1.58. The number of para-hydroxylation sites is 1. The SMILES string of the molecule is CN(C)c1ccccc1CSc1nccn1-c1ccc(C#N)cn1. The third-order valence-electron chi connectivity index (χ3n) is 3.56. The van der Waals surface area contributed by atoms with Crippen LogP contribution in [0.5, 0.6) is 0 Å². The summed E-state index contributed by atoms with van der Waals surface area (Å²) in [6.45, 7) is 0. The minimum Gasteiger partial charge on any atom is -0.377 e. The molecule has 0 radical (unpaired) electrons. The summed E-state index contributed by atoms with van der Waals surface area (Å²) in [4.78, 5) is 10.9. The van der Waals surface area contributed by atoms with Gasteiger partial charge in [-0.15, -0.1) is 0 Å². The highest BCUT2D eigenvalue weighted by Crippen LogP contribution is 2.28. The highest BCUT2D eigenvalue weighted by atomic mass is 32.2. The van der Waals surface area contributed by atoms with Crippen molar-refractivity contribution < 1.29 is 0 Å². The molecule has 5 nitrogen and oxygen atoms in total. The molecule has 0 aliphatic heterocycles. The normalized spacial score (nSPS) is 10.4. The molecule has 0 fully saturated rings. The third kappa shape index (κ3) is 3.42. The average Bonchev–Trinajstić information content (AvgIpc) is 3.08. The van der Waals surface area contributed by atoms with Crippen LogP contribution >= 0.6 is 11.8 Å². The van der Waals surface area contributed by atoms with Crippen LogP contribution in [0.25, 0.3) is 5.82 Å². The first kappa shape index (κ1) is 16.1. The van der Waals surface area contributed by atoms with Crippen LogP contribution in [0.2, 0.25) is 0 Å². The van der Waals surface area contributed by atoms with E-state index in [1.54, 1.807) is 30.2 Å². The second-order valence-corrected chi connectivity index (χ2v) is 6.35. The van der Waals surface area contributed by atoms with Gasteiger partial charge in [0.1, 0.15) is 11.9 Å². The van der Waals surface area contributed by atoms with E-state index in [4.69, 9.17) is 5.26 Å². The van der Waals surface area contributed by atoms with Crippen molar-refractivity contribution in [3.8, 4) is 11.9 Å². The molecule has 6 heteroatoms. The Labute approximate surface area is 145 Å². The molecule has 2 aromatic heterocycles. The molecule has 3 aromatic rings. The van der Waals surface area contributed by atoms with Crippen molar-refractivity contribution in [2.45, 2.75) is 10.9 Å². The molecule has 0 aliphatic carbocycles. The molecule has 120 valence electrons. The van der Waals surface area contributed by atoms with Crippen LogP contribution in [0.15, 0.2) is 60.1 Å². The van der Waals surface area contributed by atoms with Gasteiger partial charge in [0.15, 0.2) is 5.16 Å². The number of benzene rings is 1. The first-order chi connectivity index (χ1) is 11.7. The van der Waals surface area contributed by atoms with Crippen molar-refractivity contribution in [2.75, 3.05) is 19.0 Å². The minimum absolute atomic E-state index is 0.549. The van der Waals surface area contributed by atoms with Gasteiger partial charge < -0.3 is 4.90 Å². The Kier molecular flexibility index (Phi) is 4.82. The van der Waals surface area contributed by atoms with Crippen molar-refractivity contribution in [2.24, 2.45) is 0 Å². The van der Waals surface area contributed by atoms with Crippen LogP contribution in [-0.2, 0) is 5.75 Å². The zero-order chi connectivity index (χ0) is 16.9. The summed E-state index contributed by atoms with van der Waals surface area (Å²) < 4.78 is 1.93. The van der Waals surface area contributed by atoms with Gasteiger partial charge in [-0.2, -0.15) is 5.26 Å². The van der Waals surface area contributed by atoms with Gasteiger partial charge in [0.05, 0.1) is 5.56 Å². The lowest BCUT2D eigenvalue weighted by molar-refractivity contribution is 0.862. The first-order valence-corrected chi connectivity index (χ1v) is 8.45. The van der Waals surface area contributed by atoms with E-state index in [-0.39, 0.29) is 0 Å². The van der Waals surface area contributed by atoms with Gasteiger partial charge in [-0.3, -0.25) is 4.57 Å². The van der Waals surface area contributed by atoms with Gasteiger partial charge in [0.25, 0.3) is 0 Å². The zero-order valence-corrected chi connectivity index (χ0v) is 14.4. The maximum Gasteiger partial charge on any atom is 0.174 e. The summed E-state index contributed by atoms with van der Waals surface area (Å²) in [7, 11) is 4.09. The van der Waals surface area contributed by atoms with E-state index in [1.807, 2.05) is 37.0 Å². The average molecular weight is 335 g/mol. The molecular formula is C18H17N5S. The number of anilines is 1. The van der Waals surface area contributed by atoms with Gasteiger partial charge in [-0.05, 0) is 23.8 Å². The molecule has 24 heavy (non-hydrogen) atoms. The Hall–Kier alpha value is -2.78. The molecule has 0 saturated carbocycles. The van der Waals surface area contributed by atoms with Gasteiger partial charge in [0, 0.05) is 44.1 Å². The van der Waals surface area contributed by atoms with Crippen LogP contribution in [0.1, 0.15) is 11.1 Å². The minimum atomic E-state index is 0.549. The summed E-state index contributed by atoms with van der Waals surface area (Å²) in [6.07, 6.45) is 5.22. The Bertz CT molecular complexity index is 862. The molecule has 1 aromatic carbocycles. The largest absolute Gasteiger partial charge is 0.377 e. The predicted molar refractivity (Wildman–Crippen MR) is 96.4 cm³/mol. The van der Waals surface area contributed by atoms with Gasteiger partial charge in [-0.1, -0.05) is 30.0 Å². The zero-order valence-electron chi connectivity index (χ0n) is 13.5. The topological polar surface area (TPSA) is 57.7 Å². The number of nitriles is 1. The van der Waals surface area contributed by atoms with Crippen molar-refractivity contribution in [1.82, 2.24) is 14.5 Å². The molecule has 0 spiro atoms. The van der Waals surface area contributed by atoms with E-state index < -0.39 is 0 Å². The lowest BCUT2D eigenvalue weighted by Crippen LogP contribution is -2.10. The van der Waals surface area contributed by atoms with Crippen LogP contribution in [0.3, 0.4) is 0 Å². The molecule has 0 atom stereocenters. The molecule has 2 heterocycles. The second kappa shape index (κ2) is 7.20. The molecule has 0 aliphatic rings. The van der Waals surface area contributed by atoms with Gasteiger partial charge in [0.2, 0.25) is 0 Å². The van der Waals surface area contributed by atoms with Gasteiger partial charge in [-0.25, -0.2) is 9.97 Å². The van der Waals surface area contributed by atoms with E-state index in [0.717, 1.165) is 16.7 Å². The highest BCUT2D eigenvalue weighted by Gasteiger charge is 2.10. The fourth-order valence-corrected chi connectivity index (χ4v) is 3.33. The van der Waals surface area contributed by atoms with Crippen LogP contribution in [0, 0.1) is 11.3 Å². The highest BCUT2D eigenvalue weighted by molar-refractivity contribution is 7.98. The lowest BCUT2D eigenvalue weighted by atomic mass is 10.2. The number of thioether (sulfide) groups is 1. The van der Waals surface area contributed by atoms with E-state index >= 15 is 0 Å². The van der Waals surface area contributed by atoms with Crippen LogP contribution < -0.4 is 4.90 Å². The molecule has 0 saturated heterocycles.